The Morgan fingerprint density at radius 3 is 2.64 bits per heavy atom. The third kappa shape index (κ3) is 2.95. The molecular weight excluding hydrogens is 310 g/mol. The van der Waals surface area contributed by atoms with Crippen molar-refractivity contribution in [1.29, 1.82) is 0 Å². The molecule has 0 aliphatic heterocycles. The largest absolute Gasteiger partial charge is 0.419 e. The first-order valence-corrected chi connectivity index (χ1v) is 8.72. The van der Waals surface area contributed by atoms with Gasteiger partial charge in [-0.2, -0.15) is 0 Å². The van der Waals surface area contributed by atoms with Crippen LogP contribution in [0.5, 0.6) is 0 Å². The van der Waals surface area contributed by atoms with E-state index in [-0.39, 0.29) is 0 Å². The highest BCUT2D eigenvalue weighted by Crippen LogP contribution is 2.29. The topological polar surface area (TPSA) is 43.9 Å². The lowest BCUT2D eigenvalue weighted by Gasteiger charge is -2.11. The number of aryl methyl sites for hydroxylation is 2. The highest BCUT2D eigenvalue weighted by atomic mass is 16.4. The lowest BCUT2D eigenvalue weighted by molar-refractivity contribution is 0.498. The maximum Gasteiger partial charge on any atom is 0.264 e. The molecule has 0 bridgehead atoms. The van der Waals surface area contributed by atoms with Crippen molar-refractivity contribution >= 4 is 10.9 Å². The molecule has 0 saturated carbocycles. The maximum atomic E-state index is 5.91. The summed E-state index contributed by atoms with van der Waals surface area (Å²) in [5, 5.41) is 9.66. The minimum Gasteiger partial charge on any atom is -0.419 e. The van der Waals surface area contributed by atoms with Crippen molar-refractivity contribution in [3.05, 3.63) is 71.6 Å². The summed E-state index contributed by atoms with van der Waals surface area (Å²) >= 11 is 0. The SMILES string of the molecule is CCCc1nnc(-c2cc3ccccc3n2Cc2ccccc2C)o1. The number of nitrogens with zero attached hydrogens (tertiary/aromatic N) is 3. The Balaban J connectivity index is 1.84. The van der Waals surface area contributed by atoms with Crippen molar-refractivity contribution in [1.82, 2.24) is 14.8 Å². The van der Waals surface area contributed by atoms with Crippen molar-refractivity contribution in [3.63, 3.8) is 0 Å². The van der Waals surface area contributed by atoms with Gasteiger partial charge in [0.2, 0.25) is 5.89 Å². The second-order valence-electron chi connectivity index (χ2n) is 6.35. The third-order valence-corrected chi connectivity index (χ3v) is 4.55. The first-order chi connectivity index (χ1) is 12.3. The van der Waals surface area contributed by atoms with Gasteiger partial charge in [-0.05, 0) is 36.6 Å². The molecule has 4 heteroatoms. The first kappa shape index (κ1) is 15.6. The van der Waals surface area contributed by atoms with Crippen molar-refractivity contribution in [2.75, 3.05) is 0 Å². The summed E-state index contributed by atoms with van der Waals surface area (Å²) in [5.41, 5.74) is 4.72. The minimum atomic E-state index is 0.591. The van der Waals surface area contributed by atoms with Gasteiger partial charge in [0.15, 0.2) is 0 Å². The van der Waals surface area contributed by atoms with Crippen LogP contribution in [0.2, 0.25) is 0 Å². The zero-order chi connectivity index (χ0) is 17.2. The minimum absolute atomic E-state index is 0.591. The van der Waals surface area contributed by atoms with Gasteiger partial charge in [0.25, 0.3) is 5.89 Å². The van der Waals surface area contributed by atoms with Gasteiger partial charge in [-0.15, -0.1) is 10.2 Å². The van der Waals surface area contributed by atoms with Crippen LogP contribution >= 0.6 is 0 Å². The fourth-order valence-electron chi connectivity index (χ4n) is 3.19. The smallest absolute Gasteiger partial charge is 0.264 e. The van der Waals surface area contributed by atoms with Gasteiger partial charge in [0.05, 0.1) is 0 Å². The zero-order valence-electron chi connectivity index (χ0n) is 14.6. The van der Waals surface area contributed by atoms with Gasteiger partial charge in [0.1, 0.15) is 5.69 Å². The fraction of sp³-hybridized carbons (Fsp3) is 0.238. The monoisotopic (exact) mass is 331 g/mol. The molecule has 0 aliphatic carbocycles. The number of rotatable bonds is 5. The van der Waals surface area contributed by atoms with Crippen molar-refractivity contribution in [2.45, 2.75) is 33.2 Å². The molecule has 0 amide bonds. The number of hydrogen-bond acceptors (Lipinski definition) is 3. The summed E-state index contributed by atoms with van der Waals surface area (Å²) in [6.45, 7) is 5.03. The Labute approximate surface area is 147 Å². The van der Waals surface area contributed by atoms with E-state index in [0.29, 0.717) is 11.8 Å². The number of fused-ring (bicyclic) bond motifs is 1. The van der Waals surface area contributed by atoms with E-state index in [2.05, 4.69) is 83.2 Å². The summed E-state index contributed by atoms with van der Waals surface area (Å²) in [6.07, 6.45) is 1.80. The first-order valence-electron chi connectivity index (χ1n) is 8.72. The van der Waals surface area contributed by atoms with E-state index in [1.807, 2.05) is 0 Å². The lowest BCUT2D eigenvalue weighted by Crippen LogP contribution is -2.03. The molecule has 4 rings (SSSR count). The highest BCUT2D eigenvalue weighted by Gasteiger charge is 2.16. The van der Waals surface area contributed by atoms with Gasteiger partial charge in [-0.1, -0.05) is 49.4 Å². The van der Waals surface area contributed by atoms with Gasteiger partial charge in [0, 0.05) is 23.9 Å². The molecule has 0 spiro atoms. The Kier molecular flexibility index (Phi) is 4.10. The quantitative estimate of drug-likeness (QED) is 0.517. The van der Waals surface area contributed by atoms with E-state index in [4.69, 9.17) is 4.42 Å². The molecule has 2 heterocycles. The lowest BCUT2D eigenvalue weighted by atomic mass is 10.1. The summed E-state index contributed by atoms with van der Waals surface area (Å²) < 4.78 is 8.17. The predicted octanol–water partition coefficient (Wildman–Crippen LogP) is 5.00. The fourth-order valence-corrected chi connectivity index (χ4v) is 3.19. The molecule has 0 atom stereocenters. The third-order valence-electron chi connectivity index (χ3n) is 4.55. The standard InChI is InChI=1S/C21H21N3O/c1-3-8-20-22-23-21(25-20)19-13-16-10-6-7-12-18(16)24(19)14-17-11-5-4-9-15(17)2/h4-7,9-13H,3,8,14H2,1-2H3. The van der Waals surface area contributed by atoms with Gasteiger partial charge >= 0.3 is 0 Å². The molecule has 2 aromatic carbocycles. The van der Waals surface area contributed by atoms with Crippen molar-refractivity contribution < 1.29 is 4.42 Å². The van der Waals surface area contributed by atoms with Crippen LogP contribution in [0.1, 0.15) is 30.4 Å². The molecule has 4 aromatic rings. The van der Waals surface area contributed by atoms with E-state index >= 15 is 0 Å². The molecule has 0 N–H and O–H groups in total. The van der Waals surface area contributed by atoms with E-state index in [9.17, 15) is 0 Å². The van der Waals surface area contributed by atoms with Crippen molar-refractivity contribution in [3.8, 4) is 11.6 Å². The molecule has 0 aliphatic rings. The summed E-state index contributed by atoms with van der Waals surface area (Å²) in [4.78, 5) is 0. The zero-order valence-corrected chi connectivity index (χ0v) is 14.6. The van der Waals surface area contributed by atoms with Crippen LogP contribution in [-0.4, -0.2) is 14.8 Å². The van der Waals surface area contributed by atoms with E-state index < -0.39 is 0 Å². The normalized spacial score (nSPS) is 11.3. The van der Waals surface area contributed by atoms with Crippen LogP contribution < -0.4 is 0 Å². The predicted molar refractivity (Wildman–Crippen MR) is 99.5 cm³/mol. The maximum absolute atomic E-state index is 5.91. The van der Waals surface area contributed by atoms with Gasteiger partial charge < -0.3 is 8.98 Å². The Hall–Kier alpha value is -2.88. The average molecular weight is 331 g/mol. The highest BCUT2D eigenvalue weighted by molar-refractivity contribution is 5.85. The van der Waals surface area contributed by atoms with E-state index in [0.717, 1.165) is 25.1 Å². The molecule has 0 saturated heterocycles. The molecule has 0 fully saturated rings. The molecule has 0 unspecified atom stereocenters. The van der Waals surface area contributed by atoms with E-state index in [1.54, 1.807) is 0 Å². The summed E-state index contributed by atoms with van der Waals surface area (Å²) in [5.74, 6) is 1.29. The Morgan fingerprint density at radius 1 is 1.00 bits per heavy atom. The van der Waals surface area contributed by atoms with Gasteiger partial charge in [-0.25, -0.2) is 0 Å². The molecule has 25 heavy (non-hydrogen) atoms. The molecule has 0 radical (unpaired) electrons. The Bertz CT molecular complexity index is 1010. The van der Waals surface area contributed by atoms with Crippen LogP contribution in [0.4, 0.5) is 0 Å². The van der Waals surface area contributed by atoms with Crippen LogP contribution in [-0.2, 0) is 13.0 Å². The van der Waals surface area contributed by atoms with Crippen LogP contribution in [0.3, 0.4) is 0 Å². The Morgan fingerprint density at radius 2 is 1.80 bits per heavy atom. The number of aromatic nitrogens is 3. The van der Waals surface area contributed by atoms with Crippen molar-refractivity contribution in [2.24, 2.45) is 0 Å². The number of hydrogen-bond donors (Lipinski definition) is 0. The molecular formula is C21H21N3O. The second-order valence-corrected chi connectivity index (χ2v) is 6.35. The number of para-hydroxylation sites is 1. The average Bonchev–Trinajstić information content (AvgIpc) is 3.22. The van der Waals surface area contributed by atoms with Gasteiger partial charge in [-0.3, -0.25) is 0 Å². The van der Waals surface area contributed by atoms with Crippen LogP contribution in [0, 0.1) is 6.92 Å². The second kappa shape index (κ2) is 6.55. The van der Waals surface area contributed by atoms with Crippen LogP contribution in [0.15, 0.2) is 59.0 Å². The molecule has 4 nitrogen and oxygen atoms in total. The number of benzene rings is 2. The molecule has 2 aromatic heterocycles. The van der Waals surface area contributed by atoms with E-state index in [1.165, 1.54) is 22.0 Å². The summed E-state index contributed by atoms with van der Waals surface area (Å²) in [6, 6.07) is 19.0. The molecule has 126 valence electrons. The van der Waals surface area contributed by atoms with Crippen LogP contribution in [0.25, 0.3) is 22.5 Å². The summed E-state index contributed by atoms with van der Waals surface area (Å²) in [7, 11) is 0.